The maximum absolute atomic E-state index is 11.1. The second kappa shape index (κ2) is 6.77. The van der Waals surface area contributed by atoms with Gasteiger partial charge < -0.3 is 5.32 Å². The van der Waals surface area contributed by atoms with Gasteiger partial charge in [0, 0.05) is 27.8 Å². The van der Waals surface area contributed by atoms with Gasteiger partial charge in [-0.3, -0.25) is 4.79 Å². The molecule has 0 spiro atoms. The number of anilines is 1. The van der Waals surface area contributed by atoms with Gasteiger partial charge in [0.05, 0.1) is 0 Å². The van der Waals surface area contributed by atoms with E-state index in [-0.39, 0.29) is 5.91 Å². The van der Waals surface area contributed by atoms with E-state index in [0.717, 1.165) is 39.2 Å². The molecule has 1 atom stereocenters. The highest BCUT2D eigenvalue weighted by Gasteiger charge is 2.23. The van der Waals surface area contributed by atoms with Crippen LogP contribution in [0.1, 0.15) is 30.7 Å². The summed E-state index contributed by atoms with van der Waals surface area (Å²) in [5, 5.41) is 5.07. The average molecular weight is 370 g/mol. The Bertz CT molecular complexity index is 934. The van der Waals surface area contributed by atoms with Crippen LogP contribution < -0.4 is 5.32 Å². The topological polar surface area (TPSA) is 54.9 Å². The third-order valence-electron chi connectivity index (χ3n) is 4.45. The van der Waals surface area contributed by atoms with Gasteiger partial charge in [-0.05, 0) is 55.0 Å². The van der Waals surface area contributed by atoms with Crippen LogP contribution in [-0.4, -0.2) is 15.9 Å². The largest absolute Gasteiger partial charge is 0.326 e. The monoisotopic (exact) mass is 369 g/mol. The minimum atomic E-state index is -0.0583. The summed E-state index contributed by atoms with van der Waals surface area (Å²) in [6.07, 6.45) is 5.19. The van der Waals surface area contributed by atoms with Gasteiger partial charge in [0.15, 0.2) is 0 Å². The van der Waals surface area contributed by atoms with Crippen molar-refractivity contribution in [2.24, 2.45) is 5.92 Å². The van der Waals surface area contributed by atoms with Crippen molar-refractivity contribution in [1.29, 1.82) is 0 Å². The molecule has 1 aliphatic carbocycles. The fraction of sp³-hybridized carbons (Fsp3) is 0.316. The fourth-order valence-corrected chi connectivity index (χ4v) is 5.58. The van der Waals surface area contributed by atoms with Gasteiger partial charge in [0.2, 0.25) is 5.91 Å². The van der Waals surface area contributed by atoms with Crippen LogP contribution in [0.2, 0.25) is 0 Å². The van der Waals surface area contributed by atoms with Crippen LogP contribution in [0.3, 0.4) is 0 Å². The SMILES string of the molecule is CC(=O)Nc1ccc(Sc2ncnc3sc4c(c23)CC[C@H](C)C4)cc1. The molecule has 3 aromatic rings. The molecule has 0 radical (unpaired) electrons. The molecule has 1 amide bonds. The van der Waals surface area contributed by atoms with Crippen LogP contribution in [0.4, 0.5) is 5.69 Å². The number of rotatable bonds is 3. The van der Waals surface area contributed by atoms with E-state index >= 15 is 0 Å². The number of hydrogen-bond acceptors (Lipinski definition) is 5. The maximum atomic E-state index is 11.1. The van der Waals surface area contributed by atoms with Crippen LogP contribution in [0, 0.1) is 5.92 Å². The summed E-state index contributed by atoms with van der Waals surface area (Å²) in [7, 11) is 0. The van der Waals surface area contributed by atoms with E-state index in [1.807, 2.05) is 35.6 Å². The predicted molar refractivity (Wildman–Crippen MR) is 103 cm³/mol. The van der Waals surface area contributed by atoms with Crippen LogP contribution in [0.25, 0.3) is 10.2 Å². The molecule has 2 heterocycles. The van der Waals surface area contributed by atoms with Gasteiger partial charge in [-0.25, -0.2) is 9.97 Å². The van der Waals surface area contributed by atoms with Crippen LogP contribution in [0.15, 0.2) is 40.5 Å². The molecular weight excluding hydrogens is 350 g/mol. The molecule has 25 heavy (non-hydrogen) atoms. The van der Waals surface area contributed by atoms with Crippen LogP contribution in [0.5, 0.6) is 0 Å². The first-order valence-electron chi connectivity index (χ1n) is 8.41. The van der Waals surface area contributed by atoms with Gasteiger partial charge in [-0.1, -0.05) is 18.7 Å². The van der Waals surface area contributed by atoms with E-state index in [1.54, 1.807) is 18.1 Å². The number of carbonyl (C=O) groups excluding carboxylic acids is 1. The lowest BCUT2D eigenvalue weighted by Crippen LogP contribution is -2.08. The zero-order chi connectivity index (χ0) is 17.4. The number of fused-ring (bicyclic) bond motifs is 3. The molecule has 1 N–H and O–H groups in total. The third-order valence-corrected chi connectivity index (χ3v) is 6.62. The van der Waals surface area contributed by atoms with Gasteiger partial charge in [0.1, 0.15) is 16.2 Å². The lowest BCUT2D eigenvalue weighted by atomic mass is 9.89. The summed E-state index contributed by atoms with van der Waals surface area (Å²) in [4.78, 5) is 23.9. The van der Waals surface area contributed by atoms with E-state index in [9.17, 15) is 4.79 Å². The standard InChI is InChI=1S/C19H19N3OS2/c1-11-3-8-15-16(9-11)25-19-17(15)18(20-10-21-19)24-14-6-4-13(5-7-14)22-12(2)23/h4-7,10-11H,3,8-9H2,1-2H3,(H,22,23)/t11-/m0/s1. The second-order valence-electron chi connectivity index (χ2n) is 6.52. The Morgan fingerprint density at radius 1 is 1.28 bits per heavy atom. The molecule has 1 aliphatic rings. The summed E-state index contributed by atoms with van der Waals surface area (Å²) >= 11 is 3.49. The molecule has 128 valence electrons. The summed E-state index contributed by atoms with van der Waals surface area (Å²) < 4.78 is 0. The Labute approximate surface area is 155 Å². The van der Waals surface area contributed by atoms with E-state index in [1.165, 1.54) is 29.2 Å². The van der Waals surface area contributed by atoms with Gasteiger partial charge >= 0.3 is 0 Å². The van der Waals surface area contributed by atoms with Crippen molar-refractivity contribution in [2.45, 2.75) is 43.0 Å². The summed E-state index contributed by atoms with van der Waals surface area (Å²) in [6.45, 7) is 3.84. The molecule has 0 aliphatic heterocycles. The average Bonchev–Trinajstić information content (AvgIpc) is 2.94. The molecule has 0 unspecified atom stereocenters. The highest BCUT2D eigenvalue weighted by atomic mass is 32.2. The number of hydrogen-bond donors (Lipinski definition) is 1. The van der Waals surface area contributed by atoms with Crippen molar-refractivity contribution >= 4 is 44.9 Å². The molecule has 0 fully saturated rings. The van der Waals surface area contributed by atoms with Gasteiger partial charge in [0.25, 0.3) is 0 Å². The quantitative estimate of drug-likeness (QED) is 0.665. The van der Waals surface area contributed by atoms with Crippen molar-refractivity contribution in [3.63, 3.8) is 0 Å². The van der Waals surface area contributed by atoms with E-state index < -0.39 is 0 Å². The number of nitrogens with zero attached hydrogens (tertiary/aromatic N) is 2. The number of nitrogens with one attached hydrogen (secondary N) is 1. The van der Waals surface area contributed by atoms with Crippen molar-refractivity contribution in [3.05, 3.63) is 41.0 Å². The fourth-order valence-electron chi connectivity index (χ4n) is 3.24. The Balaban J connectivity index is 1.66. The zero-order valence-electron chi connectivity index (χ0n) is 14.2. The molecule has 0 bridgehead atoms. The minimum absolute atomic E-state index is 0.0583. The normalized spacial score (nSPS) is 16.6. The third kappa shape index (κ3) is 3.41. The Hall–Kier alpha value is -1.92. The van der Waals surface area contributed by atoms with Crippen molar-refractivity contribution in [2.75, 3.05) is 5.32 Å². The van der Waals surface area contributed by atoms with Gasteiger partial charge in [-0.2, -0.15) is 0 Å². The lowest BCUT2D eigenvalue weighted by molar-refractivity contribution is -0.114. The molecule has 1 aromatic carbocycles. The van der Waals surface area contributed by atoms with Gasteiger partial charge in [-0.15, -0.1) is 11.3 Å². The Kier molecular flexibility index (Phi) is 4.48. The predicted octanol–water partition coefficient (Wildman–Crippen LogP) is 4.93. The Morgan fingerprint density at radius 3 is 2.84 bits per heavy atom. The first-order chi connectivity index (χ1) is 12.1. The number of amides is 1. The van der Waals surface area contributed by atoms with E-state index in [4.69, 9.17) is 0 Å². The molecule has 2 aromatic heterocycles. The van der Waals surface area contributed by atoms with E-state index in [2.05, 4.69) is 22.2 Å². The lowest BCUT2D eigenvalue weighted by Gasteiger charge is -2.18. The maximum Gasteiger partial charge on any atom is 0.221 e. The van der Waals surface area contributed by atoms with E-state index in [0.29, 0.717) is 0 Å². The second-order valence-corrected chi connectivity index (χ2v) is 8.66. The molecule has 0 saturated carbocycles. The molecule has 6 heteroatoms. The molecule has 0 saturated heterocycles. The highest BCUT2D eigenvalue weighted by Crippen LogP contribution is 2.42. The first kappa shape index (κ1) is 16.5. The van der Waals surface area contributed by atoms with Crippen LogP contribution in [-0.2, 0) is 17.6 Å². The smallest absolute Gasteiger partial charge is 0.221 e. The molecular formula is C19H19N3OS2. The summed E-state index contributed by atoms with van der Waals surface area (Å²) in [5.41, 5.74) is 2.27. The number of carbonyl (C=O) groups is 1. The highest BCUT2D eigenvalue weighted by molar-refractivity contribution is 7.99. The number of aryl methyl sites for hydroxylation is 1. The summed E-state index contributed by atoms with van der Waals surface area (Å²) in [6, 6.07) is 7.88. The molecule has 4 nitrogen and oxygen atoms in total. The summed E-state index contributed by atoms with van der Waals surface area (Å²) in [5.74, 6) is 0.697. The minimum Gasteiger partial charge on any atom is -0.326 e. The Morgan fingerprint density at radius 2 is 2.08 bits per heavy atom. The molecule has 4 rings (SSSR count). The van der Waals surface area contributed by atoms with Crippen molar-refractivity contribution < 1.29 is 4.79 Å². The number of benzene rings is 1. The van der Waals surface area contributed by atoms with Crippen molar-refractivity contribution in [3.8, 4) is 0 Å². The van der Waals surface area contributed by atoms with Crippen LogP contribution >= 0.6 is 23.1 Å². The number of thiophene rings is 1. The zero-order valence-corrected chi connectivity index (χ0v) is 15.8. The number of aromatic nitrogens is 2. The van der Waals surface area contributed by atoms with Crippen molar-refractivity contribution in [1.82, 2.24) is 9.97 Å². The first-order valence-corrected chi connectivity index (χ1v) is 10.0.